The summed E-state index contributed by atoms with van der Waals surface area (Å²) in [5, 5.41) is 18.2. The van der Waals surface area contributed by atoms with Crippen molar-refractivity contribution in [1.29, 1.82) is 0 Å². The van der Waals surface area contributed by atoms with Crippen LogP contribution in [0.15, 0.2) is 30.3 Å². The number of amides is 1. The molecule has 7 heteroatoms. The van der Waals surface area contributed by atoms with Crippen LogP contribution < -0.4 is 4.90 Å². The van der Waals surface area contributed by atoms with Gasteiger partial charge in [-0.1, -0.05) is 30.3 Å². The second-order valence-electron chi connectivity index (χ2n) is 6.68. The van der Waals surface area contributed by atoms with Crippen LogP contribution in [0.3, 0.4) is 0 Å². The molecule has 0 aliphatic carbocycles. The summed E-state index contributed by atoms with van der Waals surface area (Å²) in [6, 6.07) is 9.05. The molecular formula is C18H24N5O2-. The average molecular weight is 342 g/mol. The molecule has 0 N–H and O–H groups in total. The Morgan fingerprint density at radius 1 is 1.28 bits per heavy atom. The minimum Gasteiger partial charge on any atom is -0.784 e. The number of benzene rings is 1. The Morgan fingerprint density at radius 3 is 2.60 bits per heavy atom. The maximum absolute atomic E-state index is 12.9. The number of aromatic nitrogens is 2. The number of hydroxylamine groups is 2. The van der Waals surface area contributed by atoms with Crippen LogP contribution in [0.2, 0.25) is 0 Å². The molecule has 1 aromatic heterocycles. The van der Waals surface area contributed by atoms with Gasteiger partial charge >= 0.3 is 0 Å². The summed E-state index contributed by atoms with van der Waals surface area (Å²) in [5.41, 5.74) is 2.46. The molecule has 1 aliphatic heterocycles. The lowest BCUT2D eigenvalue weighted by atomic mass is 9.98. The Kier molecular flexibility index (Phi) is 4.89. The first-order valence-corrected chi connectivity index (χ1v) is 8.37. The number of rotatable bonds is 4. The van der Waals surface area contributed by atoms with Crippen molar-refractivity contribution in [3.8, 4) is 0 Å². The molecule has 0 bridgehead atoms. The van der Waals surface area contributed by atoms with Gasteiger partial charge in [0.05, 0.1) is 18.3 Å². The molecule has 25 heavy (non-hydrogen) atoms. The molecule has 1 aliphatic rings. The summed E-state index contributed by atoms with van der Waals surface area (Å²) >= 11 is 0. The number of anilines is 1. The highest BCUT2D eigenvalue weighted by Gasteiger charge is 2.34. The predicted octanol–water partition coefficient (Wildman–Crippen LogP) is 1.53. The van der Waals surface area contributed by atoms with Crippen LogP contribution in [-0.4, -0.2) is 59.4 Å². The van der Waals surface area contributed by atoms with Gasteiger partial charge in [-0.3, -0.25) is 14.4 Å². The molecule has 0 radical (unpaired) electrons. The Morgan fingerprint density at radius 2 is 1.96 bits per heavy atom. The summed E-state index contributed by atoms with van der Waals surface area (Å²) in [7, 11) is 5.75. The summed E-state index contributed by atoms with van der Waals surface area (Å²) in [6.07, 6.45) is 0. The molecule has 0 saturated heterocycles. The zero-order valence-corrected chi connectivity index (χ0v) is 15.1. The minimum atomic E-state index is -0.529. The molecule has 0 fully saturated rings. The van der Waals surface area contributed by atoms with E-state index in [1.165, 1.54) is 0 Å². The maximum atomic E-state index is 12.9. The van der Waals surface area contributed by atoms with E-state index in [1.807, 2.05) is 63.3 Å². The van der Waals surface area contributed by atoms with Gasteiger partial charge < -0.3 is 15.2 Å². The fourth-order valence-electron chi connectivity index (χ4n) is 3.37. The summed E-state index contributed by atoms with van der Waals surface area (Å²) in [6.45, 7) is 2.96. The molecule has 2 aromatic rings. The van der Waals surface area contributed by atoms with Gasteiger partial charge in [0.2, 0.25) is 5.91 Å². The van der Waals surface area contributed by atoms with Crippen LogP contribution in [0.25, 0.3) is 0 Å². The number of nitrogens with zero attached hydrogens (tertiary/aromatic N) is 5. The van der Waals surface area contributed by atoms with Crippen LogP contribution in [0.5, 0.6) is 0 Å². The van der Waals surface area contributed by atoms with E-state index in [1.54, 1.807) is 9.58 Å². The molecule has 1 atom stereocenters. The molecule has 2 heterocycles. The zero-order valence-electron chi connectivity index (χ0n) is 15.1. The van der Waals surface area contributed by atoms with Crippen molar-refractivity contribution in [3.63, 3.8) is 0 Å². The number of fused-ring (bicyclic) bond motifs is 1. The lowest BCUT2D eigenvalue weighted by Crippen LogP contribution is -2.41. The van der Waals surface area contributed by atoms with Gasteiger partial charge in [-0.2, -0.15) is 5.10 Å². The van der Waals surface area contributed by atoms with Crippen molar-refractivity contribution in [3.05, 3.63) is 52.4 Å². The van der Waals surface area contributed by atoms with Gasteiger partial charge in [-0.05, 0) is 26.6 Å². The molecule has 7 nitrogen and oxygen atoms in total. The third-order valence-corrected chi connectivity index (χ3v) is 4.53. The molecule has 1 amide bonds. The summed E-state index contributed by atoms with van der Waals surface area (Å²) < 4.78 is 1.72. The van der Waals surface area contributed by atoms with Crippen molar-refractivity contribution in [2.45, 2.75) is 13.0 Å². The van der Waals surface area contributed by atoms with E-state index in [2.05, 4.69) is 5.10 Å². The number of carbonyl (C=O) groups excluding carboxylic acids is 1. The van der Waals surface area contributed by atoms with Gasteiger partial charge in [-0.15, -0.1) is 0 Å². The molecule has 1 aromatic carbocycles. The molecule has 134 valence electrons. The van der Waals surface area contributed by atoms with Gasteiger partial charge in [0.15, 0.2) is 0 Å². The predicted molar refractivity (Wildman–Crippen MR) is 97.2 cm³/mol. The fourth-order valence-corrected chi connectivity index (χ4v) is 3.37. The van der Waals surface area contributed by atoms with Gasteiger partial charge in [0.25, 0.3) is 0 Å². The van der Waals surface area contributed by atoms with E-state index < -0.39 is 6.04 Å². The van der Waals surface area contributed by atoms with E-state index in [-0.39, 0.29) is 12.5 Å². The van der Waals surface area contributed by atoms with Crippen LogP contribution >= 0.6 is 0 Å². The standard InChI is InChI=1S/C18H24N5O2/c1-13-16-17(14-8-6-5-7-9-14)23(25)12-15(24)22(11-10-20(2)3)18(16)21(4)19-13/h5-9,17H,10-12H2,1-4H3/q-1. The Bertz CT molecular complexity index is 756. The molecular weight excluding hydrogens is 318 g/mol. The van der Waals surface area contributed by atoms with Crippen LogP contribution in [0.4, 0.5) is 5.82 Å². The SMILES string of the molecule is Cc1nn(C)c2c1C(c1ccccc1)N([O-])CC(=O)N2CCN(C)C. The largest absolute Gasteiger partial charge is 0.784 e. The smallest absolute Gasteiger partial charge is 0.241 e. The average Bonchev–Trinajstić information content (AvgIpc) is 2.77. The zero-order chi connectivity index (χ0) is 18.1. The van der Waals surface area contributed by atoms with Crippen molar-refractivity contribution in [2.24, 2.45) is 7.05 Å². The van der Waals surface area contributed by atoms with Crippen molar-refractivity contribution in [2.75, 3.05) is 38.6 Å². The molecule has 3 rings (SSSR count). The fraction of sp³-hybridized carbons (Fsp3) is 0.444. The lowest BCUT2D eigenvalue weighted by molar-refractivity contribution is -0.119. The third-order valence-electron chi connectivity index (χ3n) is 4.53. The van der Waals surface area contributed by atoms with E-state index >= 15 is 0 Å². The van der Waals surface area contributed by atoms with Gasteiger partial charge in [0, 0.05) is 25.7 Å². The van der Waals surface area contributed by atoms with E-state index in [0.717, 1.165) is 27.7 Å². The topological polar surface area (TPSA) is 67.7 Å². The summed E-state index contributed by atoms with van der Waals surface area (Å²) in [5.74, 6) is 0.524. The quantitative estimate of drug-likeness (QED) is 0.843. The van der Waals surface area contributed by atoms with Crippen LogP contribution in [0.1, 0.15) is 22.9 Å². The highest BCUT2D eigenvalue weighted by atomic mass is 16.5. The summed E-state index contributed by atoms with van der Waals surface area (Å²) in [4.78, 5) is 16.5. The van der Waals surface area contributed by atoms with Gasteiger partial charge in [-0.25, -0.2) is 0 Å². The molecule has 0 saturated carbocycles. The first-order valence-electron chi connectivity index (χ1n) is 8.37. The minimum absolute atomic E-state index is 0.166. The van der Waals surface area contributed by atoms with Crippen molar-refractivity contribution in [1.82, 2.24) is 19.7 Å². The van der Waals surface area contributed by atoms with E-state index in [4.69, 9.17) is 0 Å². The Labute approximate surface area is 148 Å². The first kappa shape index (κ1) is 17.6. The number of hydrogen-bond donors (Lipinski definition) is 0. The number of hydrogen-bond acceptors (Lipinski definition) is 5. The van der Waals surface area contributed by atoms with E-state index in [0.29, 0.717) is 13.1 Å². The highest BCUT2D eigenvalue weighted by molar-refractivity contribution is 5.96. The molecule has 1 unspecified atom stereocenters. The lowest BCUT2D eigenvalue weighted by Gasteiger charge is -2.35. The monoisotopic (exact) mass is 342 g/mol. The van der Waals surface area contributed by atoms with Gasteiger partial charge in [0.1, 0.15) is 5.82 Å². The van der Waals surface area contributed by atoms with E-state index in [9.17, 15) is 10.0 Å². The highest BCUT2D eigenvalue weighted by Crippen LogP contribution is 2.39. The Hall–Kier alpha value is -2.22. The molecule has 0 spiro atoms. The second kappa shape index (κ2) is 6.95. The van der Waals surface area contributed by atoms with Crippen molar-refractivity contribution < 1.29 is 4.79 Å². The van der Waals surface area contributed by atoms with Crippen LogP contribution in [0, 0.1) is 12.1 Å². The Balaban J connectivity index is 2.13. The third kappa shape index (κ3) is 3.30. The van der Waals surface area contributed by atoms with Crippen LogP contribution in [-0.2, 0) is 11.8 Å². The maximum Gasteiger partial charge on any atom is 0.241 e. The number of aryl methyl sites for hydroxylation is 2. The second-order valence-corrected chi connectivity index (χ2v) is 6.68. The normalized spacial score (nSPS) is 18.6. The first-order chi connectivity index (χ1) is 11.9. The van der Waals surface area contributed by atoms with Crippen molar-refractivity contribution >= 4 is 11.7 Å². The number of carbonyl (C=O) groups is 1. The number of likely N-dealkylation sites (N-methyl/N-ethyl adjacent to an activating group) is 1.